The van der Waals surface area contributed by atoms with E-state index in [0.717, 1.165) is 5.56 Å². The van der Waals surface area contributed by atoms with E-state index >= 15 is 0 Å². The van der Waals surface area contributed by atoms with Gasteiger partial charge in [-0.3, -0.25) is 4.79 Å². The van der Waals surface area contributed by atoms with Gasteiger partial charge >= 0.3 is 6.61 Å². The number of para-hydroxylation sites is 2. The van der Waals surface area contributed by atoms with Crippen molar-refractivity contribution in [3.8, 4) is 11.5 Å². The zero-order valence-corrected chi connectivity index (χ0v) is 15.5. The first-order valence-corrected chi connectivity index (χ1v) is 8.58. The van der Waals surface area contributed by atoms with Crippen molar-refractivity contribution in [3.63, 3.8) is 0 Å². The number of alkyl halides is 2. The second-order valence-corrected chi connectivity index (χ2v) is 6.18. The van der Waals surface area contributed by atoms with Crippen LogP contribution in [0.3, 0.4) is 0 Å². The van der Waals surface area contributed by atoms with E-state index in [1.54, 1.807) is 24.4 Å². The molecule has 9 heteroatoms. The summed E-state index contributed by atoms with van der Waals surface area (Å²) in [7, 11) is 0. The molecule has 0 aliphatic rings. The van der Waals surface area contributed by atoms with E-state index in [-0.39, 0.29) is 23.9 Å². The number of hydrogen-bond acceptors (Lipinski definition) is 4. The number of aryl methyl sites for hydroxylation is 1. The van der Waals surface area contributed by atoms with E-state index in [1.165, 1.54) is 28.9 Å². The molecular weight excluding hydrogens is 392 g/mol. The van der Waals surface area contributed by atoms with E-state index in [2.05, 4.69) is 15.2 Å². The van der Waals surface area contributed by atoms with E-state index in [1.807, 2.05) is 13.0 Å². The first-order chi connectivity index (χ1) is 13.4. The predicted octanol–water partition coefficient (Wildman–Crippen LogP) is 4.74. The molecule has 28 heavy (non-hydrogen) atoms. The molecule has 0 radical (unpaired) electrons. The van der Waals surface area contributed by atoms with Crippen molar-refractivity contribution in [1.29, 1.82) is 0 Å². The van der Waals surface area contributed by atoms with Crippen molar-refractivity contribution >= 4 is 23.2 Å². The van der Waals surface area contributed by atoms with Gasteiger partial charge in [0, 0.05) is 6.20 Å². The first-order valence-electron chi connectivity index (χ1n) is 8.20. The van der Waals surface area contributed by atoms with Crippen molar-refractivity contribution < 1.29 is 23.0 Å². The number of carbonyl (C=O) groups excluding carboxylic acids is 1. The summed E-state index contributed by atoms with van der Waals surface area (Å²) < 4.78 is 36.3. The number of ether oxygens (including phenoxy) is 2. The lowest BCUT2D eigenvalue weighted by atomic mass is 10.2. The highest BCUT2D eigenvalue weighted by Gasteiger charge is 2.15. The van der Waals surface area contributed by atoms with Crippen LogP contribution in [0.2, 0.25) is 5.02 Å². The van der Waals surface area contributed by atoms with Crippen LogP contribution in [0.25, 0.3) is 0 Å². The minimum absolute atomic E-state index is 0.0432. The van der Waals surface area contributed by atoms with Crippen molar-refractivity contribution in [3.05, 3.63) is 71.0 Å². The summed E-state index contributed by atoms with van der Waals surface area (Å²) in [5.74, 6) is -0.207. The van der Waals surface area contributed by atoms with Crippen LogP contribution in [0.1, 0.15) is 16.1 Å². The predicted molar refractivity (Wildman–Crippen MR) is 100 cm³/mol. The van der Waals surface area contributed by atoms with Crippen LogP contribution in [0.4, 0.5) is 14.5 Å². The van der Waals surface area contributed by atoms with E-state index < -0.39 is 12.5 Å². The molecule has 2 aromatic carbocycles. The summed E-state index contributed by atoms with van der Waals surface area (Å²) in [5.41, 5.74) is 1.19. The molecule has 0 bridgehead atoms. The maximum Gasteiger partial charge on any atom is 0.387 e. The fourth-order valence-corrected chi connectivity index (χ4v) is 2.54. The molecule has 1 N–H and O–H groups in total. The van der Waals surface area contributed by atoms with Crippen molar-refractivity contribution in [2.24, 2.45) is 0 Å². The van der Waals surface area contributed by atoms with Gasteiger partial charge in [0.1, 0.15) is 11.5 Å². The van der Waals surface area contributed by atoms with Gasteiger partial charge in [-0.15, -0.1) is 0 Å². The highest BCUT2D eigenvalue weighted by Crippen LogP contribution is 2.26. The van der Waals surface area contributed by atoms with Gasteiger partial charge < -0.3 is 14.8 Å². The summed E-state index contributed by atoms with van der Waals surface area (Å²) in [6.45, 7) is -1.04. The lowest BCUT2D eigenvalue weighted by molar-refractivity contribution is -0.0493. The van der Waals surface area contributed by atoms with Crippen molar-refractivity contribution in [1.82, 2.24) is 9.78 Å². The van der Waals surface area contributed by atoms with Crippen LogP contribution in [0.5, 0.6) is 11.5 Å². The monoisotopic (exact) mass is 407 g/mol. The smallest absolute Gasteiger partial charge is 0.387 e. The standard InChI is InChI=1S/C19H16ClF2N3O3/c1-12-6-7-13(20)17(10-12)27-11-25-9-8-15(24-25)18(26)23-14-4-2-3-5-16(14)28-19(21)22/h2-10,19H,11H2,1H3,(H,23,26). The normalized spacial score (nSPS) is 10.8. The van der Waals surface area contributed by atoms with Gasteiger partial charge in [-0.05, 0) is 42.8 Å². The van der Waals surface area contributed by atoms with Gasteiger partial charge in [-0.2, -0.15) is 13.9 Å². The molecule has 1 aromatic heterocycles. The molecule has 6 nitrogen and oxygen atoms in total. The number of anilines is 1. The Morgan fingerprint density at radius 2 is 2.00 bits per heavy atom. The summed E-state index contributed by atoms with van der Waals surface area (Å²) in [6.07, 6.45) is 1.56. The highest BCUT2D eigenvalue weighted by molar-refractivity contribution is 6.32. The Morgan fingerprint density at radius 3 is 2.79 bits per heavy atom. The minimum Gasteiger partial charge on any atom is -0.470 e. The van der Waals surface area contributed by atoms with Crippen LogP contribution in [-0.2, 0) is 6.73 Å². The summed E-state index contributed by atoms with van der Waals surface area (Å²) >= 11 is 6.08. The zero-order chi connectivity index (χ0) is 20.1. The number of nitrogens with zero attached hydrogens (tertiary/aromatic N) is 2. The van der Waals surface area contributed by atoms with Crippen LogP contribution >= 0.6 is 11.6 Å². The molecule has 0 aliphatic carbocycles. The molecule has 0 aliphatic heterocycles. The number of carbonyl (C=O) groups is 1. The third-order valence-corrected chi connectivity index (χ3v) is 3.98. The Hall–Kier alpha value is -3.13. The molecule has 0 spiro atoms. The molecule has 0 saturated carbocycles. The van der Waals surface area contributed by atoms with Gasteiger partial charge in [0.15, 0.2) is 12.4 Å². The second-order valence-electron chi connectivity index (χ2n) is 5.78. The largest absolute Gasteiger partial charge is 0.470 e. The molecule has 3 aromatic rings. The van der Waals surface area contributed by atoms with Crippen LogP contribution in [0.15, 0.2) is 54.7 Å². The van der Waals surface area contributed by atoms with Crippen LogP contribution < -0.4 is 14.8 Å². The third-order valence-electron chi connectivity index (χ3n) is 3.66. The van der Waals surface area contributed by atoms with E-state index in [4.69, 9.17) is 16.3 Å². The Labute approximate surface area is 164 Å². The van der Waals surface area contributed by atoms with Gasteiger partial charge in [0.05, 0.1) is 10.7 Å². The minimum atomic E-state index is -3.00. The topological polar surface area (TPSA) is 65.4 Å². The highest BCUT2D eigenvalue weighted by atomic mass is 35.5. The molecule has 0 fully saturated rings. The molecule has 0 unspecified atom stereocenters. The quantitative estimate of drug-likeness (QED) is 0.614. The van der Waals surface area contributed by atoms with Gasteiger partial charge in [-0.1, -0.05) is 29.8 Å². The molecular formula is C19H16ClF2N3O3. The Balaban J connectivity index is 1.65. The van der Waals surface area contributed by atoms with Crippen LogP contribution in [0, 0.1) is 6.92 Å². The first kappa shape index (κ1) is 19.6. The maximum atomic E-state index is 12.5. The van der Waals surface area contributed by atoms with Gasteiger partial charge in [-0.25, -0.2) is 4.68 Å². The number of rotatable bonds is 7. The average Bonchev–Trinajstić information content (AvgIpc) is 3.13. The lowest BCUT2D eigenvalue weighted by Gasteiger charge is -2.11. The zero-order valence-electron chi connectivity index (χ0n) is 14.7. The van der Waals surface area contributed by atoms with Crippen LogP contribution in [-0.4, -0.2) is 22.3 Å². The average molecular weight is 408 g/mol. The Morgan fingerprint density at radius 1 is 1.21 bits per heavy atom. The molecule has 0 atom stereocenters. The summed E-state index contributed by atoms with van der Waals surface area (Å²) in [4.78, 5) is 12.3. The number of amides is 1. The molecule has 1 heterocycles. The summed E-state index contributed by atoms with van der Waals surface area (Å²) in [5, 5.41) is 7.08. The molecule has 0 saturated heterocycles. The molecule has 1 amide bonds. The lowest BCUT2D eigenvalue weighted by Crippen LogP contribution is -2.15. The van der Waals surface area contributed by atoms with Crippen molar-refractivity contribution in [2.45, 2.75) is 20.3 Å². The van der Waals surface area contributed by atoms with E-state index in [0.29, 0.717) is 10.8 Å². The maximum absolute atomic E-state index is 12.5. The number of aromatic nitrogens is 2. The SMILES string of the molecule is Cc1ccc(Cl)c(OCn2ccc(C(=O)Nc3ccccc3OC(F)F)n2)c1. The molecule has 3 rings (SSSR count). The van der Waals surface area contributed by atoms with Gasteiger partial charge in [0.25, 0.3) is 5.91 Å². The number of hydrogen-bond donors (Lipinski definition) is 1. The van der Waals surface area contributed by atoms with Crippen molar-refractivity contribution in [2.75, 3.05) is 5.32 Å². The Bertz CT molecular complexity index is 979. The van der Waals surface area contributed by atoms with E-state index in [9.17, 15) is 13.6 Å². The second kappa shape index (κ2) is 8.71. The Kier molecular flexibility index (Phi) is 6.10. The van der Waals surface area contributed by atoms with Gasteiger partial charge in [0.2, 0.25) is 0 Å². The molecule has 146 valence electrons. The number of benzene rings is 2. The summed E-state index contributed by atoms with van der Waals surface area (Å²) in [6, 6.07) is 12.8. The fraction of sp³-hybridized carbons (Fsp3) is 0.158. The number of nitrogens with one attached hydrogen (secondary N) is 1. The third kappa shape index (κ3) is 4.98. The fourth-order valence-electron chi connectivity index (χ4n) is 2.37. The number of halogens is 3.